The highest BCUT2D eigenvalue weighted by atomic mass is 35.5. The molecule has 0 bridgehead atoms. The van der Waals surface area contributed by atoms with Crippen molar-refractivity contribution in [3.8, 4) is 5.75 Å². The Bertz CT molecular complexity index is 1100. The summed E-state index contributed by atoms with van der Waals surface area (Å²) in [6.45, 7) is 3.62. The number of rotatable bonds is 9. The lowest BCUT2D eigenvalue weighted by Crippen LogP contribution is -2.41. The zero-order valence-electron chi connectivity index (χ0n) is 19.6. The van der Waals surface area contributed by atoms with Crippen molar-refractivity contribution in [2.24, 2.45) is 5.92 Å². The number of nitrogens with one attached hydrogen (secondary N) is 1. The topological polar surface area (TPSA) is 78.9 Å². The summed E-state index contributed by atoms with van der Waals surface area (Å²) in [6, 6.07) is 11.1. The second kappa shape index (κ2) is 11.7. The Hall–Kier alpha value is -2.20. The third-order valence-corrected chi connectivity index (χ3v) is 8.87. The van der Waals surface area contributed by atoms with Gasteiger partial charge in [-0.1, -0.05) is 17.7 Å². The molecule has 2 aliphatic heterocycles. The molecule has 4 rings (SSSR count). The van der Waals surface area contributed by atoms with E-state index in [9.17, 15) is 17.6 Å². The van der Waals surface area contributed by atoms with E-state index in [1.165, 1.54) is 10.4 Å². The molecule has 2 heterocycles. The Balaban J connectivity index is 1.16. The van der Waals surface area contributed by atoms with Crippen LogP contribution < -0.4 is 10.1 Å². The first-order valence-electron chi connectivity index (χ1n) is 12.0. The van der Waals surface area contributed by atoms with Crippen molar-refractivity contribution in [2.45, 2.75) is 37.1 Å². The Labute approximate surface area is 211 Å². The number of hydrogen-bond acceptors (Lipinski definition) is 5. The largest absolute Gasteiger partial charge is 0.492 e. The minimum Gasteiger partial charge on any atom is -0.492 e. The van der Waals surface area contributed by atoms with Crippen LogP contribution in [0.5, 0.6) is 5.75 Å². The molecule has 0 aromatic heterocycles. The molecular formula is C25H31ClFN3O4S. The van der Waals surface area contributed by atoms with Crippen LogP contribution in [0, 0.1) is 11.7 Å². The summed E-state index contributed by atoms with van der Waals surface area (Å²) in [6.07, 6.45) is 3.19. The van der Waals surface area contributed by atoms with Crippen LogP contribution in [-0.2, 0) is 21.4 Å². The van der Waals surface area contributed by atoms with Gasteiger partial charge in [0.2, 0.25) is 15.9 Å². The number of sulfonamides is 1. The van der Waals surface area contributed by atoms with Crippen LogP contribution in [0.2, 0.25) is 5.02 Å². The molecule has 0 radical (unpaired) electrons. The highest BCUT2D eigenvalue weighted by Crippen LogP contribution is 2.25. The fourth-order valence-electron chi connectivity index (χ4n) is 4.53. The number of halogens is 2. The van der Waals surface area contributed by atoms with E-state index < -0.39 is 10.0 Å². The average molecular weight is 524 g/mol. The lowest BCUT2D eigenvalue weighted by Gasteiger charge is -2.31. The lowest BCUT2D eigenvalue weighted by atomic mass is 9.95. The average Bonchev–Trinajstić information content (AvgIpc) is 3.41. The molecule has 0 saturated carbocycles. The second-order valence-electron chi connectivity index (χ2n) is 8.97. The highest BCUT2D eigenvalue weighted by molar-refractivity contribution is 7.89. The molecule has 190 valence electrons. The number of hydrogen-bond donors (Lipinski definition) is 1. The van der Waals surface area contributed by atoms with Gasteiger partial charge in [-0.15, -0.1) is 0 Å². The van der Waals surface area contributed by atoms with Crippen molar-refractivity contribution in [1.82, 2.24) is 14.5 Å². The molecule has 7 nitrogen and oxygen atoms in total. The maximum absolute atomic E-state index is 14.0. The fraction of sp³-hybridized carbons (Fsp3) is 0.480. The van der Waals surface area contributed by atoms with Crippen LogP contribution >= 0.6 is 11.6 Å². The molecule has 1 amide bonds. The zero-order valence-corrected chi connectivity index (χ0v) is 21.2. The first-order valence-corrected chi connectivity index (χ1v) is 13.8. The third-order valence-electron chi connectivity index (χ3n) is 6.60. The summed E-state index contributed by atoms with van der Waals surface area (Å²) < 4.78 is 46.4. The first-order chi connectivity index (χ1) is 16.8. The number of amides is 1. The maximum Gasteiger partial charge on any atom is 0.243 e. The number of nitrogens with zero attached hydrogens (tertiary/aromatic N) is 2. The van der Waals surface area contributed by atoms with Crippen LogP contribution in [0.3, 0.4) is 0 Å². The van der Waals surface area contributed by atoms with Crippen molar-refractivity contribution < 1.29 is 22.3 Å². The molecule has 2 saturated heterocycles. The van der Waals surface area contributed by atoms with E-state index >= 15 is 0 Å². The van der Waals surface area contributed by atoms with Crippen molar-refractivity contribution in [3.05, 3.63) is 58.9 Å². The zero-order chi connectivity index (χ0) is 24.8. The summed E-state index contributed by atoms with van der Waals surface area (Å²) in [5.41, 5.74) is 0.496. The standard InChI is InChI=1S/C25H31ClFN3O4S/c26-23-4-3-5-24(27)22(23)18-29-15-10-19(11-16-29)25(31)28-12-17-34-20-6-8-21(9-7-20)35(32,33)30-13-1-2-14-30/h3-9,19H,1-2,10-18H2,(H,28,31). The normalized spacial score (nSPS) is 18.0. The van der Waals surface area contributed by atoms with Gasteiger partial charge in [0, 0.05) is 36.1 Å². The number of benzene rings is 2. The van der Waals surface area contributed by atoms with Crippen molar-refractivity contribution in [3.63, 3.8) is 0 Å². The summed E-state index contributed by atoms with van der Waals surface area (Å²) in [5, 5.41) is 3.34. The van der Waals surface area contributed by atoms with E-state index in [1.807, 2.05) is 0 Å². The third kappa shape index (κ3) is 6.52. The van der Waals surface area contributed by atoms with Crippen LogP contribution in [0.15, 0.2) is 47.4 Å². The Morgan fingerprint density at radius 2 is 1.74 bits per heavy atom. The molecular weight excluding hydrogens is 493 g/mol. The van der Waals surface area contributed by atoms with E-state index in [0.29, 0.717) is 68.4 Å². The summed E-state index contributed by atoms with van der Waals surface area (Å²) in [7, 11) is -3.44. The monoisotopic (exact) mass is 523 g/mol. The molecule has 0 unspecified atom stereocenters. The summed E-state index contributed by atoms with van der Waals surface area (Å²) in [4.78, 5) is 14.9. The molecule has 0 atom stereocenters. The van der Waals surface area contributed by atoms with Gasteiger partial charge in [0.15, 0.2) is 0 Å². The van der Waals surface area contributed by atoms with E-state index in [4.69, 9.17) is 16.3 Å². The van der Waals surface area contributed by atoms with Gasteiger partial charge in [-0.05, 0) is 75.2 Å². The molecule has 2 fully saturated rings. The van der Waals surface area contributed by atoms with Gasteiger partial charge in [0.1, 0.15) is 18.2 Å². The Morgan fingerprint density at radius 3 is 2.40 bits per heavy atom. The van der Waals surface area contributed by atoms with E-state index in [0.717, 1.165) is 12.8 Å². The predicted octanol–water partition coefficient (Wildman–Crippen LogP) is 3.67. The van der Waals surface area contributed by atoms with E-state index in [1.54, 1.807) is 36.4 Å². The van der Waals surface area contributed by atoms with Gasteiger partial charge in [-0.25, -0.2) is 12.8 Å². The molecule has 35 heavy (non-hydrogen) atoms. The molecule has 10 heteroatoms. The SMILES string of the molecule is O=C(NCCOc1ccc(S(=O)(=O)N2CCCC2)cc1)C1CCN(Cc2c(F)cccc2Cl)CC1. The second-order valence-corrected chi connectivity index (χ2v) is 11.3. The minimum absolute atomic E-state index is 0.00997. The molecule has 2 aromatic rings. The number of ether oxygens (including phenoxy) is 1. The van der Waals surface area contributed by atoms with Crippen molar-refractivity contribution in [1.29, 1.82) is 0 Å². The van der Waals surface area contributed by atoms with E-state index in [2.05, 4.69) is 10.2 Å². The lowest BCUT2D eigenvalue weighted by molar-refractivity contribution is -0.126. The Morgan fingerprint density at radius 1 is 1.06 bits per heavy atom. The van der Waals surface area contributed by atoms with Gasteiger partial charge < -0.3 is 10.1 Å². The number of carbonyl (C=O) groups excluding carboxylic acids is 1. The van der Waals surface area contributed by atoms with Gasteiger partial charge >= 0.3 is 0 Å². The van der Waals surface area contributed by atoms with Crippen LogP contribution in [0.25, 0.3) is 0 Å². The van der Waals surface area contributed by atoms with Crippen LogP contribution in [0.1, 0.15) is 31.2 Å². The van der Waals surface area contributed by atoms with Crippen LogP contribution in [-0.4, -0.2) is 62.9 Å². The van der Waals surface area contributed by atoms with Crippen molar-refractivity contribution >= 4 is 27.5 Å². The predicted molar refractivity (Wildman–Crippen MR) is 132 cm³/mol. The van der Waals surface area contributed by atoms with E-state index in [-0.39, 0.29) is 29.1 Å². The van der Waals surface area contributed by atoms with Crippen molar-refractivity contribution in [2.75, 3.05) is 39.3 Å². The molecule has 2 aliphatic rings. The van der Waals surface area contributed by atoms with Gasteiger partial charge in [-0.2, -0.15) is 4.31 Å². The Kier molecular flexibility index (Phi) is 8.64. The first kappa shape index (κ1) is 25.9. The molecule has 0 spiro atoms. The number of carbonyl (C=O) groups is 1. The van der Waals surface area contributed by atoms with Gasteiger partial charge in [0.05, 0.1) is 11.4 Å². The minimum atomic E-state index is -3.44. The summed E-state index contributed by atoms with van der Waals surface area (Å²) >= 11 is 6.13. The molecule has 0 aliphatic carbocycles. The molecule has 1 N–H and O–H groups in total. The van der Waals surface area contributed by atoms with Crippen LogP contribution in [0.4, 0.5) is 4.39 Å². The smallest absolute Gasteiger partial charge is 0.243 e. The number of piperidine rings is 1. The molecule has 2 aromatic carbocycles. The highest BCUT2D eigenvalue weighted by Gasteiger charge is 2.27. The summed E-state index contributed by atoms with van der Waals surface area (Å²) in [5.74, 6) is 0.154. The van der Waals surface area contributed by atoms with Gasteiger partial charge in [0.25, 0.3) is 0 Å². The fourth-order valence-corrected chi connectivity index (χ4v) is 6.27. The quantitative estimate of drug-likeness (QED) is 0.507. The van der Waals surface area contributed by atoms with Gasteiger partial charge in [-0.3, -0.25) is 9.69 Å². The number of likely N-dealkylation sites (tertiary alicyclic amines) is 1. The maximum atomic E-state index is 14.0.